The molecule has 0 atom stereocenters. The van der Waals surface area contributed by atoms with Crippen LogP contribution in [0.2, 0.25) is 0 Å². The Morgan fingerprint density at radius 3 is 2.74 bits per heavy atom. The summed E-state index contributed by atoms with van der Waals surface area (Å²) in [5.41, 5.74) is 1.61. The molecule has 1 aliphatic rings. The Balaban J connectivity index is 1.64. The summed E-state index contributed by atoms with van der Waals surface area (Å²) in [6.45, 7) is 6.52. The van der Waals surface area contributed by atoms with E-state index in [4.69, 9.17) is 0 Å². The number of anilines is 2. The fourth-order valence-electron chi connectivity index (χ4n) is 3.28. The molecule has 27 heavy (non-hydrogen) atoms. The summed E-state index contributed by atoms with van der Waals surface area (Å²) in [6.07, 6.45) is 0.711. The lowest BCUT2D eigenvalue weighted by atomic mass is 10.1. The first-order valence-electron chi connectivity index (χ1n) is 8.76. The number of hydrogen-bond acceptors (Lipinski definition) is 7. The number of aromatic nitrogens is 1. The van der Waals surface area contributed by atoms with Gasteiger partial charge in [-0.25, -0.2) is 4.98 Å². The number of nitrogens with zero attached hydrogens (tertiary/aromatic N) is 4. The topological polar surface area (TPSA) is 79.6 Å². The van der Waals surface area contributed by atoms with Gasteiger partial charge in [0.15, 0.2) is 5.13 Å². The van der Waals surface area contributed by atoms with E-state index in [1.807, 2.05) is 6.07 Å². The van der Waals surface area contributed by atoms with E-state index in [9.17, 15) is 14.9 Å². The molecule has 140 valence electrons. The molecule has 0 bridgehead atoms. The lowest BCUT2D eigenvalue weighted by molar-refractivity contribution is -0.384. The van der Waals surface area contributed by atoms with E-state index in [1.165, 1.54) is 23.5 Å². The SMILES string of the molecule is CCN(CC)c1nc2sc(C(=O)N3CCc4ccc([N+](=O)[O-])cc43)cc2s1. The molecular formula is C18H18N4O3S2. The Morgan fingerprint density at radius 1 is 1.30 bits per heavy atom. The number of thiazole rings is 1. The third kappa shape index (κ3) is 3.06. The summed E-state index contributed by atoms with van der Waals surface area (Å²) in [5.74, 6) is -0.117. The molecule has 4 rings (SSSR count). The molecule has 1 aromatic carbocycles. The number of nitro benzene ring substituents is 1. The average molecular weight is 403 g/mol. The quantitative estimate of drug-likeness (QED) is 0.469. The summed E-state index contributed by atoms with van der Waals surface area (Å²) in [4.78, 5) is 33.6. The van der Waals surface area contributed by atoms with Gasteiger partial charge < -0.3 is 9.80 Å². The molecule has 0 saturated carbocycles. The van der Waals surface area contributed by atoms with Gasteiger partial charge in [0, 0.05) is 31.8 Å². The van der Waals surface area contributed by atoms with Crippen molar-refractivity contribution in [2.24, 2.45) is 0 Å². The molecular weight excluding hydrogens is 384 g/mol. The van der Waals surface area contributed by atoms with Crippen LogP contribution in [0.15, 0.2) is 24.3 Å². The van der Waals surface area contributed by atoms with Crippen LogP contribution < -0.4 is 9.80 Å². The average Bonchev–Trinajstić information content (AvgIpc) is 3.34. The van der Waals surface area contributed by atoms with Crippen LogP contribution >= 0.6 is 22.7 Å². The molecule has 9 heteroatoms. The van der Waals surface area contributed by atoms with Crippen molar-refractivity contribution in [3.63, 3.8) is 0 Å². The van der Waals surface area contributed by atoms with Gasteiger partial charge in [-0.05, 0) is 31.9 Å². The molecule has 0 fully saturated rings. The van der Waals surface area contributed by atoms with Gasteiger partial charge in [0.25, 0.3) is 11.6 Å². The number of fused-ring (bicyclic) bond motifs is 2. The minimum atomic E-state index is -0.430. The summed E-state index contributed by atoms with van der Waals surface area (Å²) >= 11 is 2.98. The Labute approximate surface area is 164 Å². The van der Waals surface area contributed by atoms with E-state index in [1.54, 1.807) is 22.3 Å². The Bertz CT molecular complexity index is 1010. The largest absolute Gasteiger partial charge is 0.349 e. The summed E-state index contributed by atoms with van der Waals surface area (Å²) in [7, 11) is 0. The smallest absolute Gasteiger partial charge is 0.271 e. The third-order valence-electron chi connectivity index (χ3n) is 4.74. The number of carbonyl (C=O) groups is 1. The second kappa shape index (κ2) is 6.90. The maximum absolute atomic E-state index is 13.0. The van der Waals surface area contributed by atoms with Gasteiger partial charge in [0.2, 0.25) is 0 Å². The van der Waals surface area contributed by atoms with Crippen LogP contribution in [-0.2, 0) is 6.42 Å². The van der Waals surface area contributed by atoms with E-state index in [0.717, 1.165) is 33.3 Å². The highest BCUT2D eigenvalue weighted by molar-refractivity contribution is 7.29. The standard InChI is InChI=1S/C18H18N4O3S2/c1-3-20(4-2)18-19-16-14(27-18)10-15(26-16)17(23)21-8-7-11-5-6-12(22(24)25)9-13(11)21/h5-6,9-10H,3-4,7-8H2,1-2H3. The van der Waals surface area contributed by atoms with E-state index in [-0.39, 0.29) is 11.6 Å². The molecule has 0 aliphatic carbocycles. The zero-order chi connectivity index (χ0) is 19.1. The fourth-order valence-corrected chi connectivity index (χ4v) is 5.57. The number of rotatable bonds is 5. The van der Waals surface area contributed by atoms with E-state index >= 15 is 0 Å². The molecule has 3 heterocycles. The maximum atomic E-state index is 13.0. The molecule has 1 amide bonds. The number of thiophene rings is 1. The first-order valence-corrected chi connectivity index (χ1v) is 10.4. The van der Waals surface area contributed by atoms with Crippen LogP contribution in [0, 0.1) is 10.1 Å². The number of benzene rings is 1. The number of amides is 1. The van der Waals surface area contributed by atoms with Crippen molar-refractivity contribution in [3.05, 3.63) is 44.8 Å². The van der Waals surface area contributed by atoms with Gasteiger partial charge in [-0.2, -0.15) is 0 Å². The van der Waals surface area contributed by atoms with Gasteiger partial charge in [0.05, 0.1) is 20.2 Å². The lowest BCUT2D eigenvalue weighted by Crippen LogP contribution is -2.28. The number of nitro groups is 1. The number of carbonyl (C=O) groups excluding carboxylic acids is 1. The highest BCUT2D eigenvalue weighted by atomic mass is 32.1. The van der Waals surface area contributed by atoms with Crippen molar-refractivity contribution in [1.29, 1.82) is 0 Å². The predicted molar refractivity (Wildman–Crippen MR) is 110 cm³/mol. The fraction of sp³-hybridized carbons (Fsp3) is 0.333. The number of hydrogen-bond donors (Lipinski definition) is 0. The van der Waals surface area contributed by atoms with Gasteiger partial charge in [0.1, 0.15) is 4.83 Å². The molecule has 0 radical (unpaired) electrons. The number of non-ortho nitro benzene ring substituents is 1. The highest BCUT2D eigenvalue weighted by Gasteiger charge is 2.29. The normalized spacial score (nSPS) is 13.2. The van der Waals surface area contributed by atoms with Crippen molar-refractivity contribution in [2.75, 3.05) is 29.4 Å². The van der Waals surface area contributed by atoms with E-state index < -0.39 is 4.92 Å². The molecule has 0 unspecified atom stereocenters. The zero-order valence-electron chi connectivity index (χ0n) is 15.0. The minimum absolute atomic E-state index is 0.00569. The molecule has 0 saturated heterocycles. The second-order valence-corrected chi connectivity index (χ2v) is 8.27. The lowest BCUT2D eigenvalue weighted by Gasteiger charge is -2.16. The first kappa shape index (κ1) is 17.9. The Morgan fingerprint density at radius 2 is 2.07 bits per heavy atom. The predicted octanol–water partition coefficient (Wildman–Crippen LogP) is 4.32. The van der Waals surface area contributed by atoms with E-state index in [2.05, 4.69) is 23.7 Å². The van der Waals surface area contributed by atoms with Crippen LogP contribution in [0.4, 0.5) is 16.5 Å². The molecule has 1 aliphatic heterocycles. The Hall–Kier alpha value is -2.52. The van der Waals surface area contributed by atoms with Crippen LogP contribution in [0.3, 0.4) is 0 Å². The van der Waals surface area contributed by atoms with Crippen molar-refractivity contribution < 1.29 is 9.72 Å². The maximum Gasteiger partial charge on any atom is 0.271 e. The van der Waals surface area contributed by atoms with Crippen molar-refractivity contribution in [2.45, 2.75) is 20.3 Å². The molecule has 0 N–H and O–H groups in total. The monoisotopic (exact) mass is 402 g/mol. The van der Waals surface area contributed by atoms with Crippen LogP contribution in [0.5, 0.6) is 0 Å². The van der Waals surface area contributed by atoms with Crippen molar-refractivity contribution >= 4 is 54.6 Å². The van der Waals surface area contributed by atoms with Crippen LogP contribution in [0.25, 0.3) is 9.53 Å². The summed E-state index contributed by atoms with van der Waals surface area (Å²) in [6, 6.07) is 6.62. The van der Waals surface area contributed by atoms with Crippen LogP contribution in [-0.4, -0.2) is 35.4 Å². The van der Waals surface area contributed by atoms with Crippen molar-refractivity contribution in [1.82, 2.24) is 4.98 Å². The van der Waals surface area contributed by atoms with Gasteiger partial charge in [-0.15, -0.1) is 11.3 Å². The molecule has 2 aromatic heterocycles. The van der Waals surface area contributed by atoms with Gasteiger partial charge in [-0.3, -0.25) is 14.9 Å². The summed E-state index contributed by atoms with van der Waals surface area (Å²) in [5, 5.41) is 12.0. The van der Waals surface area contributed by atoms with Crippen molar-refractivity contribution in [3.8, 4) is 0 Å². The zero-order valence-corrected chi connectivity index (χ0v) is 16.6. The summed E-state index contributed by atoms with van der Waals surface area (Å²) < 4.78 is 1.00. The Kier molecular flexibility index (Phi) is 4.56. The van der Waals surface area contributed by atoms with Gasteiger partial charge >= 0.3 is 0 Å². The molecule has 7 nitrogen and oxygen atoms in total. The molecule has 3 aromatic rings. The van der Waals surface area contributed by atoms with Gasteiger partial charge in [-0.1, -0.05) is 17.4 Å². The van der Waals surface area contributed by atoms with E-state index in [0.29, 0.717) is 23.5 Å². The second-order valence-electron chi connectivity index (χ2n) is 6.23. The highest BCUT2D eigenvalue weighted by Crippen LogP contribution is 2.37. The van der Waals surface area contributed by atoms with Crippen LogP contribution in [0.1, 0.15) is 29.1 Å². The minimum Gasteiger partial charge on any atom is -0.349 e. The third-order valence-corrected chi connectivity index (χ3v) is 6.95. The first-order chi connectivity index (χ1) is 13.0. The molecule has 0 spiro atoms.